The molecule has 0 aromatic heterocycles. The van der Waals surface area contributed by atoms with Crippen LogP contribution in [0.3, 0.4) is 0 Å². The zero-order chi connectivity index (χ0) is 27.1. The van der Waals surface area contributed by atoms with Crippen LogP contribution in [-0.4, -0.2) is 40.8 Å². The van der Waals surface area contributed by atoms with Gasteiger partial charge in [0.2, 0.25) is 0 Å². The minimum absolute atomic E-state index is 0.0576. The molecule has 0 saturated heterocycles. The van der Waals surface area contributed by atoms with Gasteiger partial charge in [0.15, 0.2) is 5.78 Å². The maximum atomic E-state index is 14.0. The second kappa shape index (κ2) is 7.51. The smallest absolute Gasteiger partial charge is 0.416 e. The number of aliphatic hydroxyl groups is 1. The van der Waals surface area contributed by atoms with E-state index in [2.05, 4.69) is 0 Å². The van der Waals surface area contributed by atoms with Gasteiger partial charge in [-0.2, -0.15) is 61.5 Å². The minimum Gasteiger partial charge on any atom is -0.507 e. The Kier molecular flexibility index (Phi) is 6.25. The Morgan fingerprint density at radius 2 is 1.12 bits per heavy atom. The molecule has 0 unspecified atom stereocenters. The lowest BCUT2D eigenvalue weighted by Crippen LogP contribution is -2.64. The minimum atomic E-state index is -7.50. The summed E-state index contributed by atoms with van der Waals surface area (Å²) < 4.78 is 188. The van der Waals surface area contributed by atoms with Gasteiger partial charge in [0.25, 0.3) is 5.41 Å². The van der Waals surface area contributed by atoms with E-state index in [1.165, 1.54) is 0 Å². The zero-order valence-corrected chi connectivity index (χ0v) is 16.6. The highest BCUT2D eigenvalue weighted by Gasteiger charge is 3.06. The Bertz CT molecular complexity index is 1010. The van der Waals surface area contributed by atoms with Crippen LogP contribution < -0.4 is 0 Å². The Morgan fingerprint density at radius 1 is 0.765 bits per heavy atom. The molecule has 1 aromatic carbocycles. The second-order valence-electron chi connectivity index (χ2n) is 6.75. The highest BCUT2D eigenvalue weighted by atomic mass is 35.5. The summed E-state index contributed by atoms with van der Waals surface area (Å²) in [7, 11) is 0. The van der Waals surface area contributed by atoms with Gasteiger partial charge in [0.1, 0.15) is 5.76 Å². The number of allylic oxidation sites excluding steroid dienone is 1. The van der Waals surface area contributed by atoms with E-state index < -0.39 is 80.2 Å². The molecule has 34 heavy (non-hydrogen) atoms. The van der Waals surface area contributed by atoms with Crippen LogP contribution >= 0.6 is 23.2 Å². The predicted molar refractivity (Wildman–Crippen MR) is 85.4 cm³/mol. The summed E-state index contributed by atoms with van der Waals surface area (Å²) in [5.74, 6) is -35.9. The number of aliphatic hydroxyl groups excluding tert-OH is 1. The van der Waals surface area contributed by atoms with E-state index in [4.69, 9.17) is 23.2 Å². The fourth-order valence-electron chi connectivity index (χ4n) is 3.15. The molecule has 192 valence electrons. The summed E-state index contributed by atoms with van der Waals surface area (Å²) in [5.41, 5.74) is -10.2. The fourth-order valence-corrected chi connectivity index (χ4v) is 3.83. The molecule has 1 saturated carbocycles. The number of hydrogen-bond donors (Lipinski definition) is 1. The van der Waals surface area contributed by atoms with Crippen molar-refractivity contribution in [3.63, 3.8) is 0 Å². The molecule has 1 aliphatic rings. The second-order valence-corrected chi connectivity index (χ2v) is 7.57. The van der Waals surface area contributed by atoms with Gasteiger partial charge in [-0.15, -0.1) is 0 Å². The van der Waals surface area contributed by atoms with Crippen LogP contribution in [0, 0.1) is 5.41 Å². The average Bonchev–Trinajstić information content (AvgIpc) is 2.64. The molecule has 18 heteroatoms. The van der Waals surface area contributed by atoms with E-state index in [9.17, 15) is 71.4 Å². The van der Waals surface area contributed by atoms with Gasteiger partial charge < -0.3 is 5.11 Å². The maximum Gasteiger partial charge on any atom is 0.416 e. The number of carbonyl (C=O) groups excluding carboxylic acids is 1. The molecule has 0 atom stereocenters. The quantitative estimate of drug-likeness (QED) is 0.233. The number of rotatable bonds is 3. The number of alkyl halides is 14. The first kappa shape index (κ1) is 28.3. The molecule has 0 heterocycles. The molecule has 1 aromatic rings. The van der Waals surface area contributed by atoms with Crippen molar-refractivity contribution in [1.82, 2.24) is 0 Å². The Balaban J connectivity index is 2.85. The first-order valence-corrected chi connectivity index (χ1v) is 8.69. The third-order valence-electron chi connectivity index (χ3n) is 4.81. The molecule has 1 N–H and O–H groups in total. The van der Waals surface area contributed by atoms with Crippen molar-refractivity contribution in [2.75, 3.05) is 0 Å². The van der Waals surface area contributed by atoms with Crippen LogP contribution in [-0.2, 0) is 11.0 Å². The summed E-state index contributed by atoms with van der Waals surface area (Å²) in [5, 5.41) is 7.08. The Hall–Kier alpha value is -1.97. The van der Waals surface area contributed by atoms with E-state index in [1.54, 1.807) is 0 Å². The van der Waals surface area contributed by atoms with E-state index in [0.717, 1.165) is 0 Å². The van der Waals surface area contributed by atoms with Gasteiger partial charge in [-0.1, -0.05) is 23.2 Å². The van der Waals surface area contributed by atoms with Crippen molar-refractivity contribution in [2.45, 2.75) is 36.0 Å². The van der Waals surface area contributed by atoms with Crippen LogP contribution in [0.15, 0.2) is 18.2 Å². The topological polar surface area (TPSA) is 37.3 Å². The highest BCUT2D eigenvalue weighted by Crippen LogP contribution is 2.75. The largest absolute Gasteiger partial charge is 0.507 e. The van der Waals surface area contributed by atoms with E-state index in [0.29, 0.717) is 0 Å². The lowest BCUT2D eigenvalue weighted by Gasteiger charge is -2.37. The van der Waals surface area contributed by atoms with Crippen molar-refractivity contribution in [2.24, 2.45) is 5.41 Å². The molecule has 0 aliphatic heterocycles. The first-order chi connectivity index (χ1) is 14.8. The molecular weight excluding hydrogens is 561 g/mol. The van der Waals surface area contributed by atoms with Crippen molar-refractivity contribution in [1.29, 1.82) is 0 Å². The average molecular weight is 565 g/mol. The van der Waals surface area contributed by atoms with Crippen molar-refractivity contribution in [3.05, 3.63) is 39.4 Å². The Morgan fingerprint density at radius 3 is 1.41 bits per heavy atom. The normalized spacial score (nSPS) is 23.1. The monoisotopic (exact) mass is 564 g/mol. The summed E-state index contributed by atoms with van der Waals surface area (Å²) in [6, 6.07) is -0.115. The van der Waals surface area contributed by atoms with Crippen molar-refractivity contribution in [3.8, 4) is 0 Å². The van der Waals surface area contributed by atoms with Gasteiger partial charge in [0, 0.05) is 6.08 Å². The van der Waals surface area contributed by atoms with E-state index >= 15 is 0 Å². The molecule has 0 spiro atoms. The van der Waals surface area contributed by atoms with Gasteiger partial charge in [-0.25, -0.2) is 0 Å². The van der Waals surface area contributed by atoms with Crippen molar-refractivity contribution >= 4 is 34.7 Å². The molecule has 2 nitrogen and oxygen atoms in total. The number of benzene rings is 1. The fraction of sp³-hybridized carbons (Fsp3) is 0.438. The van der Waals surface area contributed by atoms with Gasteiger partial charge in [-0.05, 0) is 12.1 Å². The molecular formula is C16H4Cl2F14O2. The predicted octanol–water partition coefficient (Wildman–Crippen LogP) is 7.58. The summed E-state index contributed by atoms with van der Waals surface area (Å²) in [4.78, 5) is 12.0. The summed E-state index contributed by atoms with van der Waals surface area (Å²) in [6.45, 7) is 0. The number of halogens is 16. The van der Waals surface area contributed by atoms with Gasteiger partial charge in [-0.3, -0.25) is 4.79 Å². The van der Waals surface area contributed by atoms with Gasteiger partial charge in [0.05, 0.1) is 21.2 Å². The van der Waals surface area contributed by atoms with E-state index in [1.807, 2.05) is 0 Å². The summed E-state index contributed by atoms with van der Waals surface area (Å²) in [6.07, 6.45) is -13.9. The molecule has 0 bridgehead atoms. The van der Waals surface area contributed by atoms with Crippen LogP contribution in [0.5, 0.6) is 0 Å². The lowest BCUT2D eigenvalue weighted by atomic mass is 9.74. The lowest BCUT2D eigenvalue weighted by molar-refractivity contribution is -0.341. The number of hydrogen-bond acceptors (Lipinski definition) is 2. The van der Waals surface area contributed by atoms with Gasteiger partial charge >= 0.3 is 36.0 Å². The maximum absolute atomic E-state index is 14.0. The number of carbonyl (C=O) groups is 1. The Labute approximate surface area is 187 Å². The van der Waals surface area contributed by atoms with Crippen LogP contribution in [0.1, 0.15) is 11.1 Å². The van der Waals surface area contributed by atoms with E-state index in [-0.39, 0.29) is 12.1 Å². The molecule has 1 fully saturated rings. The summed E-state index contributed by atoms with van der Waals surface area (Å²) >= 11 is 10.7. The number of ketones is 1. The SMILES string of the molecule is O=C(/C=C(\O)c1c(Cl)cc(C(F)(F)F)cc1Cl)C1(C(F)(F)F)C(F)(F)C(F)(F)C(F)(F)C1(F)F. The molecule has 0 amide bonds. The molecule has 1 aliphatic carbocycles. The van der Waals surface area contributed by atoms with Crippen molar-refractivity contribution < 1.29 is 71.4 Å². The zero-order valence-electron chi connectivity index (χ0n) is 15.1. The van der Waals surface area contributed by atoms with Crippen LogP contribution in [0.4, 0.5) is 61.5 Å². The molecule has 0 radical (unpaired) electrons. The third kappa shape index (κ3) is 3.27. The van der Waals surface area contributed by atoms with Crippen LogP contribution in [0.25, 0.3) is 5.76 Å². The first-order valence-electron chi connectivity index (χ1n) is 7.93. The third-order valence-corrected chi connectivity index (χ3v) is 5.41. The molecule has 2 rings (SSSR count). The highest BCUT2D eigenvalue weighted by molar-refractivity contribution is 6.37. The van der Waals surface area contributed by atoms with Crippen LogP contribution in [0.2, 0.25) is 10.0 Å². The standard InChI is InChI=1S/C16H4Cl2F14O2/c17-5-1-4(11(19,20)21)2-6(18)9(5)7(33)3-8(34)10(16(30,31)32)12(22,23)14(26,27)15(28,29)13(10,24)25/h1-3,33H/b7-3-.